The maximum atomic E-state index is 5.67. The van der Waals surface area contributed by atoms with Crippen LogP contribution in [0.3, 0.4) is 0 Å². The molecule has 0 radical (unpaired) electrons. The zero-order chi connectivity index (χ0) is 9.26. The van der Waals surface area contributed by atoms with E-state index < -0.39 is 0 Å². The number of aryl methyl sites for hydroxylation is 1. The number of oxazole rings is 1. The van der Waals surface area contributed by atoms with Gasteiger partial charge in [0.1, 0.15) is 0 Å². The van der Waals surface area contributed by atoms with Gasteiger partial charge >= 0.3 is 5.22 Å². The first kappa shape index (κ1) is 8.63. The summed E-state index contributed by atoms with van der Waals surface area (Å²) in [5, 5.41) is 0.976. The molecule has 0 saturated heterocycles. The highest BCUT2D eigenvalue weighted by Crippen LogP contribution is 2.19. The first-order chi connectivity index (χ1) is 6.36. The van der Waals surface area contributed by atoms with Crippen LogP contribution in [0.4, 0.5) is 0 Å². The average Bonchev–Trinajstić information content (AvgIpc) is 2.55. The summed E-state index contributed by atoms with van der Waals surface area (Å²) in [7, 11) is 0. The Morgan fingerprint density at radius 3 is 2.85 bits per heavy atom. The molecule has 68 valence electrons. The molecule has 3 heteroatoms. The quantitative estimate of drug-likeness (QED) is 0.539. The number of nitrogens with zero attached hydrogens (tertiary/aromatic N) is 1. The molecule has 0 saturated carbocycles. The lowest BCUT2D eigenvalue weighted by Gasteiger charge is -1.87. The lowest BCUT2D eigenvalue weighted by Crippen LogP contribution is -2.32. The van der Waals surface area contributed by atoms with Crippen molar-refractivity contribution in [2.24, 2.45) is 0 Å². The fraction of sp³-hybridized carbons (Fsp3) is 0.300. The minimum Gasteiger partial charge on any atom is -0.393 e. The van der Waals surface area contributed by atoms with Crippen molar-refractivity contribution in [1.29, 1.82) is 0 Å². The Kier molecular flexibility index (Phi) is 2.27. The van der Waals surface area contributed by atoms with Crippen LogP contribution in [0.1, 0.15) is 6.92 Å². The van der Waals surface area contributed by atoms with Gasteiger partial charge in [-0.1, -0.05) is 12.1 Å². The van der Waals surface area contributed by atoms with Crippen LogP contribution in [0.5, 0.6) is 0 Å². The van der Waals surface area contributed by atoms with Gasteiger partial charge in [0, 0.05) is 6.07 Å². The second-order valence-electron chi connectivity index (χ2n) is 2.78. The van der Waals surface area contributed by atoms with Crippen molar-refractivity contribution < 1.29 is 8.98 Å². The Hall–Kier alpha value is -0.960. The van der Waals surface area contributed by atoms with Gasteiger partial charge in [-0.25, -0.2) is 0 Å². The van der Waals surface area contributed by atoms with Gasteiger partial charge in [-0.3, -0.25) is 0 Å². The van der Waals surface area contributed by atoms with Gasteiger partial charge in [0.2, 0.25) is 5.58 Å². The second kappa shape index (κ2) is 3.42. The van der Waals surface area contributed by atoms with Gasteiger partial charge in [-0.2, -0.15) is 4.57 Å². The van der Waals surface area contributed by atoms with E-state index in [0.717, 1.165) is 17.4 Å². The van der Waals surface area contributed by atoms with Crippen LogP contribution >= 0.6 is 11.8 Å². The van der Waals surface area contributed by atoms with E-state index in [1.54, 1.807) is 11.8 Å². The van der Waals surface area contributed by atoms with Gasteiger partial charge < -0.3 is 4.42 Å². The Balaban J connectivity index is 2.73. The molecule has 0 aliphatic rings. The van der Waals surface area contributed by atoms with E-state index in [0.29, 0.717) is 0 Å². The minimum atomic E-state index is 0.952. The molecule has 0 spiro atoms. The average molecular weight is 194 g/mol. The van der Waals surface area contributed by atoms with E-state index in [-0.39, 0.29) is 0 Å². The van der Waals surface area contributed by atoms with E-state index in [9.17, 15) is 0 Å². The normalized spacial score (nSPS) is 10.9. The molecule has 2 nitrogen and oxygen atoms in total. The van der Waals surface area contributed by atoms with E-state index >= 15 is 0 Å². The third-order valence-corrected chi connectivity index (χ3v) is 2.72. The molecule has 0 amide bonds. The Labute approximate surface area is 81.6 Å². The van der Waals surface area contributed by atoms with Crippen molar-refractivity contribution in [2.75, 3.05) is 6.26 Å². The summed E-state index contributed by atoms with van der Waals surface area (Å²) >= 11 is 1.64. The SMILES string of the molecule is CC[n+]1c(SC)oc2ccccc21. The second-order valence-corrected chi connectivity index (χ2v) is 3.54. The summed E-state index contributed by atoms with van der Waals surface area (Å²) in [5.74, 6) is 0. The third-order valence-electron chi connectivity index (χ3n) is 2.06. The lowest BCUT2D eigenvalue weighted by molar-refractivity contribution is -0.713. The van der Waals surface area contributed by atoms with Crippen LogP contribution in [0.25, 0.3) is 11.1 Å². The van der Waals surface area contributed by atoms with Crippen molar-refractivity contribution in [2.45, 2.75) is 18.7 Å². The number of hydrogen-bond donors (Lipinski definition) is 0. The van der Waals surface area contributed by atoms with Gasteiger partial charge in [0.15, 0.2) is 6.54 Å². The van der Waals surface area contributed by atoms with Crippen LogP contribution in [0.2, 0.25) is 0 Å². The van der Waals surface area contributed by atoms with Crippen molar-refractivity contribution in [3.63, 3.8) is 0 Å². The maximum Gasteiger partial charge on any atom is 0.412 e. The van der Waals surface area contributed by atoms with Crippen LogP contribution in [-0.2, 0) is 6.54 Å². The third kappa shape index (κ3) is 1.33. The molecule has 2 aromatic rings. The van der Waals surface area contributed by atoms with Crippen molar-refractivity contribution in [3.05, 3.63) is 24.3 Å². The number of benzene rings is 1. The molecule has 0 N–H and O–H groups in total. The minimum absolute atomic E-state index is 0.952. The number of fused-ring (bicyclic) bond motifs is 1. The monoisotopic (exact) mass is 194 g/mol. The topological polar surface area (TPSA) is 17.0 Å². The summed E-state index contributed by atoms with van der Waals surface area (Å²) in [6, 6.07) is 8.12. The fourth-order valence-corrected chi connectivity index (χ4v) is 2.09. The zero-order valence-corrected chi connectivity index (χ0v) is 8.60. The smallest absolute Gasteiger partial charge is 0.393 e. The Morgan fingerprint density at radius 1 is 1.38 bits per heavy atom. The molecule has 1 heterocycles. The number of aromatic nitrogens is 1. The van der Waals surface area contributed by atoms with Crippen molar-refractivity contribution >= 4 is 22.9 Å². The molecule has 2 rings (SSSR count). The molecule has 13 heavy (non-hydrogen) atoms. The summed E-state index contributed by atoms with van der Waals surface area (Å²) in [5.41, 5.74) is 2.14. The van der Waals surface area contributed by atoms with Gasteiger partial charge in [0.05, 0.1) is 0 Å². The summed E-state index contributed by atoms with van der Waals surface area (Å²) in [6.45, 7) is 3.08. The Bertz CT molecular complexity index is 422. The van der Waals surface area contributed by atoms with Gasteiger partial charge in [0.25, 0.3) is 5.52 Å². The van der Waals surface area contributed by atoms with Crippen LogP contribution in [0.15, 0.2) is 33.9 Å². The molecular weight excluding hydrogens is 182 g/mol. The first-order valence-electron chi connectivity index (χ1n) is 4.32. The highest BCUT2D eigenvalue weighted by Gasteiger charge is 2.18. The maximum absolute atomic E-state index is 5.67. The van der Waals surface area contributed by atoms with Crippen LogP contribution in [-0.4, -0.2) is 6.26 Å². The molecular formula is C10H12NOS+. The molecule has 0 fully saturated rings. The highest BCUT2D eigenvalue weighted by atomic mass is 32.2. The largest absolute Gasteiger partial charge is 0.412 e. The fourth-order valence-electron chi connectivity index (χ4n) is 1.47. The van der Waals surface area contributed by atoms with Gasteiger partial charge in [-0.15, -0.1) is 0 Å². The lowest BCUT2D eigenvalue weighted by atomic mass is 10.3. The van der Waals surface area contributed by atoms with E-state index in [2.05, 4.69) is 17.6 Å². The predicted octanol–water partition coefficient (Wildman–Crippen LogP) is 2.46. The molecule has 0 aliphatic heterocycles. The van der Waals surface area contributed by atoms with E-state index in [1.807, 2.05) is 24.5 Å². The number of rotatable bonds is 2. The zero-order valence-electron chi connectivity index (χ0n) is 7.78. The molecule has 0 unspecified atom stereocenters. The van der Waals surface area contributed by atoms with Gasteiger partial charge in [-0.05, 0) is 31.0 Å². The summed E-state index contributed by atoms with van der Waals surface area (Å²) in [4.78, 5) is 0. The number of thioether (sulfide) groups is 1. The summed E-state index contributed by atoms with van der Waals surface area (Å²) in [6.07, 6.45) is 2.03. The van der Waals surface area contributed by atoms with E-state index in [4.69, 9.17) is 4.42 Å². The Morgan fingerprint density at radius 2 is 2.15 bits per heavy atom. The van der Waals surface area contributed by atoms with Crippen LogP contribution in [0, 0.1) is 0 Å². The standard InChI is InChI=1S/C10H12NOS/c1-3-11-8-6-4-5-7-9(8)12-10(11)13-2/h4-7H,3H2,1-2H3/q+1. The van der Waals surface area contributed by atoms with Crippen molar-refractivity contribution in [3.8, 4) is 0 Å². The van der Waals surface area contributed by atoms with E-state index in [1.165, 1.54) is 5.52 Å². The molecule has 0 atom stereocenters. The molecule has 0 aliphatic carbocycles. The molecule has 0 bridgehead atoms. The summed E-state index contributed by atoms with van der Waals surface area (Å²) < 4.78 is 7.85. The number of hydrogen-bond acceptors (Lipinski definition) is 2. The predicted molar refractivity (Wildman–Crippen MR) is 53.9 cm³/mol. The highest BCUT2D eigenvalue weighted by molar-refractivity contribution is 7.98. The first-order valence-corrected chi connectivity index (χ1v) is 5.54. The number of para-hydroxylation sites is 2. The molecule has 1 aromatic carbocycles. The molecule has 1 aromatic heterocycles. The van der Waals surface area contributed by atoms with Crippen LogP contribution < -0.4 is 4.57 Å². The van der Waals surface area contributed by atoms with Crippen molar-refractivity contribution in [1.82, 2.24) is 0 Å².